The zero-order chi connectivity index (χ0) is 15.3. The van der Waals surface area contributed by atoms with Crippen molar-refractivity contribution >= 4 is 15.9 Å². The summed E-state index contributed by atoms with van der Waals surface area (Å²) in [6.45, 7) is 0.861. The monoisotopic (exact) mass is 312 g/mol. The van der Waals surface area contributed by atoms with Crippen molar-refractivity contribution in [3.05, 3.63) is 29.8 Å². The topological polar surface area (TPSA) is 98.5 Å². The lowest BCUT2D eigenvalue weighted by Gasteiger charge is -2.11. The van der Waals surface area contributed by atoms with Crippen LogP contribution in [0.5, 0.6) is 0 Å². The van der Waals surface area contributed by atoms with Crippen LogP contribution in [0.2, 0.25) is 0 Å². The van der Waals surface area contributed by atoms with Crippen LogP contribution in [0.15, 0.2) is 29.2 Å². The Morgan fingerprint density at radius 2 is 2.05 bits per heavy atom. The van der Waals surface area contributed by atoms with Crippen molar-refractivity contribution in [3.63, 3.8) is 0 Å². The van der Waals surface area contributed by atoms with Crippen LogP contribution >= 0.6 is 0 Å². The lowest BCUT2D eigenvalue weighted by Crippen LogP contribution is -2.28. The third-order valence-electron chi connectivity index (χ3n) is 3.47. The van der Waals surface area contributed by atoms with Crippen LogP contribution in [0.25, 0.3) is 0 Å². The number of nitrogens with one attached hydrogen (secondary N) is 1. The first kappa shape index (κ1) is 15.9. The standard InChI is InChI=1S/C14H20N2O4S/c15-21(18,19)13-7-3-4-11(10-13)14(17)16-8-9-20-12-5-1-2-6-12/h3-4,7,10,12H,1-2,5-6,8-9H2,(H,16,17)(H2,15,18,19). The summed E-state index contributed by atoms with van der Waals surface area (Å²) in [5.41, 5.74) is 0.266. The molecule has 6 nitrogen and oxygen atoms in total. The number of hydrogen-bond acceptors (Lipinski definition) is 4. The maximum Gasteiger partial charge on any atom is 0.251 e. The molecule has 7 heteroatoms. The Morgan fingerprint density at radius 1 is 1.33 bits per heavy atom. The quantitative estimate of drug-likeness (QED) is 0.766. The molecule has 0 spiro atoms. The van der Waals surface area contributed by atoms with E-state index in [0.29, 0.717) is 19.3 Å². The first-order valence-electron chi connectivity index (χ1n) is 6.99. The van der Waals surface area contributed by atoms with E-state index in [4.69, 9.17) is 9.88 Å². The molecule has 0 atom stereocenters. The van der Waals surface area contributed by atoms with Gasteiger partial charge in [0.2, 0.25) is 10.0 Å². The molecule has 116 valence electrons. The zero-order valence-electron chi connectivity index (χ0n) is 11.7. The van der Waals surface area contributed by atoms with E-state index in [2.05, 4.69) is 5.32 Å². The molecule has 1 saturated carbocycles. The lowest BCUT2D eigenvalue weighted by atomic mass is 10.2. The smallest absolute Gasteiger partial charge is 0.251 e. The van der Waals surface area contributed by atoms with Gasteiger partial charge in [0, 0.05) is 12.1 Å². The highest BCUT2D eigenvalue weighted by atomic mass is 32.2. The number of primary sulfonamides is 1. The van der Waals surface area contributed by atoms with Crippen molar-refractivity contribution in [2.45, 2.75) is 36.7 Å². The fraction of sp³-hybridized carbons (Fsp3) is 0.500. The first-order valence-corrected chi connectivity index (χ1v) is 8.54. The van der Waals surface area contributed by atoms with Crippen molar-refractivity contribution in [1.29, 1.82) is 0 Å². The summed E-state index contributed by atoms with van der Waals surface area (Å²) < 4.78 is 28.1. The van der Waals surface area contributed by atoms with Crippen LogP contribution in [-0.2, 0) is 14.8 Å². The number of hydrogen-bond donors (Lipinski definition) is 2. The average Bonchev–Trinajstić information content (AvgIpc) is 2.96. The Labute approximate surface area is 124 Å². The third-order valence-corrected chi connectivity index (χ3v) is 4.38. The van der Waals surface area contributed by atoms with E-state index in [1.807, 2.05) is 0 Å². The Balaban J connectivity index is 1.82. The Bertz CT molecular complexity index is 595. The highest BCUT2D eigenvalue weighted by molar-refractivity contribution is 7.89. The van der Waals surface area contributed by atoms with Crippen molar-refractivity contribution in [1.82, 2.24) is 5.32 Å². The molecule has 0 unspecified atom stereocenters. The number of rotatable bonds is 6. The predicted molar refractivity (Wildman–Crippen MR) is 78.4 cm³/mol. The SMILES string of the molecule is NS(=O)(=O)c1cccc(C(=O)NCCOC2CCCC2)c1. The number of ether oxygens (including phenoxy) is 1. The summed E-state index contributed by atoms with van der Waals surface area (Å²) in [5.74, 6) is -0.337. The van der Waals surface area contributed by atoms with E-state index in [1.54, 1.807) is 6.07 Å². The van der Waals surface area contributed by atoms with E-state index in [1.165, 1.54) is 31.0 Å². The highest BCUT2D eigenvalue weighted by Crippen LogP contribution is 2.20. The van der Waals surface area contributed by atoms with Crippen LogP contribution in [0.3, 0.4) is 0 Å². The van der Waals surface area contributed by atoms with Crippen LogP contribution in [0, 0.1) is 0 Å². The predicted octanol–water partition coefficient (Wildman–Crippen LogP) is 1.02. The summed E-state index contributed by atoms with van der Waals surface area (Å²) in [6.07, 6.45) is 4.90. The number of carbonyl (C=O) groups is 1. The van der Waals surface area contributed by atoms with Gasteiger partial charge < -0.3 is 10.1 Å². The van der Waals surface area contributed by atoms with Gasteiger partial charge in [-0.25, -0.2) is 13.6 Å². The van der Waals surface area contributed by atoms with Crippen molar-refractivity contribution in [3.8, 4) is 0 Å². The second-order valence-electron chi connectivity index (χ2n) is 5.11. The maximum absolute atomic E-state index is 11.9. The van der Waals surface area contributed by atoms with Gasteiger partial charge in [0.1, 0.15) is 0 Å². The Kier molecular flexibility index (Phi) is 5.33. The van der Waals surface area contributed by atoms with Crippen LogP contribution in [0.1, 0.15) is 36.0 Å². The number of nitrogens with two attached hydrogens (primary N) is 1. The van der Waals surface area contributed by atoms with E-state index in [-0.39, 0.29) is 16.4 Å². The molecule has 3 N–H and O–H groups in total. The van der Waals surface area contributed by atoms with Gasteiger partial charge in [-0.05, 0) is 31.0 Å². The van der Waals surface area contributed by atoms with Crippen LogP contribution in [-0.4, -0.2) is 33.6 Å². The summed E-state index contributed by atoms with van der Waals surface area (Å²) >= 11 is 0. The van der Waals surface area contributed by atoms with E-state index >= 15 is 0 Å². The number of carbonyl (C=O) groups excluding carboxylic acids is 1. The van der Waals surface area contributed by atoms with Gasteiger partial charge in [0.05, 0.1) is 17.6 Å². The molecule has 1 aliphatic carbocycles. The molecule has 1 aliphatic rings. The molecule has 21 heavy (non-hydrogen) atoms. The normalized spacial score (nSPS) is 16.0. The second-order valence-corrected chi connectivity index (χ2v) is 6.67. The molecule has 1 aromatic rings. The molecular weight excluding hydrogens is 292 g/mol. The molecule has 1 fully saturated rings. The fourth-order valence-electron chi connectivity index (χ4n) is 2.36. The van der Waals surface area contributed by atoms with E-state index in [0.717, 1.165) is 12.8 Å². The summed E-state index contributed by atoms with van der Waals surface area (Å²) in [4.78, 5) is 11.8. The van der Waals surface area contributed by atoms with Gasteiger partial charge in [-0.15, -0.1) is 0 Å². The molecule has 2 rings (SSSR count). The van der Waals surface area contributed by atoms with E-state index < -0.39 is 10.0 Å². The van der Waals surface area contributed by atoms with Crippen LogP contribution in [0.4, 0.5) is 0 Å². The number of amides is 1. The molecule has 0 radical (unpaired) electrons. The largest absolute Gasteiger partial charge is 0.376 e. The molecule has 0 heterocycles. The van der Waals surface area contributed by atoms with Crippen LogP contribution < -0.4 is 10.5 Å². The number of benzene rings is 1. The minimum atomic E-state index is -3.80. The Hall–Kier alpha value is -1.44. The summed E-state index contributed by atoms with van der Waals surface area (Å²) in [6, 6.07) is 5.66. The molecule has 0 bridgehead atoms. The molecule has 0 aromatic heterocycles. The lowest BCUT2D eigenvalue weighted by molar-refractivity contribution is 0.0582. The minimum Gasteiger partial charge on any atom is -0.376 e. The average molecular weight is 312 g/mol. The zero-order valence-corrected chi connectivity index (χ0v) is 12.6. The molecule has 0 saturated heterocycles. The molecule has 1 aromatic carbocycles. The van der Waals surface area contributed by atoms with Gasteiger partial charge in [0.25, 0.3) is 5.91 Å². The van der Waals surface area contributed by atoms with Gasteiger partial charge in [-0.1, -0.05) is 18.9 Å². The molecular formula is C14H20N2O4S. The van der Waals surface area contributed by atoms with Gasteiger partial charge in [-0.3, -0.25) is 4.79 Å². The first-order chi connectivity index (χ1) is 9.97. The van der Waals surface area contributed by atoms with E-state index in [9.17, 15) is 13.2 Å². The molecule has 0 aliphatic heterocycles. The highest BCUT2D eigenvalue weighted by Gasteiger charge is 2.15. The van der Waals surface area contributed by atoms with Crippen molar-refractivity contribution in [2.24, 2.45) is 5.14 Å². The Morgan fingerprint density at radius 3 is 2.71 bits per heavy atom. The molecule has 1 amide bonds. The van der Waals surface area contributed by atoms with Gasteiger partial charge in [-0.2, -0.15) is 0 Å². The third kappa shape index (κ3) is 4.80. The number of sulfonamides is 1. The maximum atomic E-state index is 11.9. The fourth-order valence-corrected chi connectivity index (χ4v) is 2.92. The summed E-state index contributed by atoms with van der Waals surface area (Å²) in [7, 11) is -3.80. The van der Waals surface area contributed by atoms with Gasteiger partial charge in [0.15, 0.2) is 0 Å². The van der Waals surface area contributed by atoms with Gasteiger partial charge >= 0.3 is 0 Å². The van der Waals surface area contributed by atoms with Crippen molar-refractivity contribution < 1.29 is 17.9 Å². The second kappa shape index (κ2) is 7.02. The van der Waals surface area contributed by atoms with Crippen molar-refractivity contribution in [2.75, 3.05) is 13.2 Å². The summed E-state index contributed by atoms with van der Waals surface area (Å²) in [5, 5.41) is 7.74. The minimum absolute atomic E-state index is 0.0719.